The Labute approximate surface area is 206 Å². The van der Waals surface area contributed by atoms with E-state index in [2.05, 4.69) is 48.9 Å². The van der Waals surface area contributed by atoms with Gasteiger partial charge in [0.2, 0.25) is 5.91 Å². The van der Waals surface area contributed by atoms with Crippen LogP contribution in [0.5, 0.6) is 0 Å². The number of piperidine rings is 2. The second kappa shape index (κ2) is 8.76. The summed E-state index contributed by atoms with van der Waals surface area (Å²) >= 11 is 0. The number of carbonyl (C=O) groups is 1. The first-order chi connectivity index (χ1) is 16.4. The maximum absolute atomic E-state index is 12.3. The zero-order chi connectivity index (χ0) is 23.6. The standard InChI is InChI=1S/C30H43N3O/c1-18-11-22-16-28-25(23-15-27(22)29(12-18)32(4)17-23)8-7-24(31-28)14-21-10-19(2)13-30-26(21)6-5-9-33(30)20(3)34/h7-8,16,18-19,21,23,26-27,29-30H,5-6,9-15,17H2,1-4H3. The van der Waals surface area contributed by atoms with E-state index in [0.717, 1.165) is 37.3 Å². The largest absolute Gasteiger partial charge is 0.340 e. The summed E-state index contributed by atoms with van der Waals surface area (Å²) in [5.74, 6) is 4.35. The normalized spacial score (nSPS) is 39.5. The Morgan fingerprint density at radius 2 is 1.91 bits per heavy atom. The van der Waals surface area contributed by atoms with Gasteiger partial charge in [-0.05, 0) is 112 Å². The molecule has 5 aliphatic rings. The molecule has 4 nitrogen and oxygen atoms in total. The average Bonchev–Trinajstić information content (AvgIpc) is 2.92. The SMILES string of the molecule is CC(=O)N1CCCC2C(Cc3ccc4c(n3)C=C3CC(C)CC5C3CC4CN5C)CC(C)CC21. The number of nitrogens with zero attached hydrogens (tertiary/aromatic N) is 3. The van der Waals surface area contributed by atoms with Crippen molar-refractivity contribution in [2.75, 3.05) is 20.1 Å². The lowest BCUT2D eigenvalue weighted by Crippen LogP contribution is -2.53. The first kappa shape index (κ1) is 22.8. The predicted octanol–water partition coefficient (Wildman–Crippen LogP) is 5.53. The number of rotatable bonds is 2. The van der Waals surface area contributed by atoms with Crippen LogP contribution in [0.15, 0.2) is 17.7 Å². The molecule has 2 aliphatic heterocycles. The van der Waals surface area contributed by atoms with Gasteiger partial charge in [0.15, 0.2) is 0 Å². The lowest BCUT2D eigenvalue weighted by molar-refractivity contribution is -0.137. The Kier molecular flexibility index (Phi) is 5.87. The molecule has 4 heteroatoms. The van der Waals surface area contributed by atoms with Gasteiger partial charge < -0.3 is 9.80 Å². The Balaban J connectivity index is 1.29. The second-order valence-corrected chi connectivity index (χ2v) is 12.7. The monoisotopic (exact) mass is 461 g/mol. The first-order valence-corrected chi connectivity index (χ1v) is 14.0. The third kappa shape index (κ3) is 3.94. The van der Waals surface area contributed by atoms with Crippen molar-refractivity contribution in [3.05, 3.63) is 34.7 Å². The Hall–Kier alpha value is -1.68. The van der Waals surface area contributed by atoms with Gasteiger partial charge in [-0.1, -0.05) is 25.5 Å². The number of pyridine rings is 1. The van der Waals surface area contributed by atoms with Crippen LogP contribution in [0.3, 0.4) is 0 Å². The van der Waals surface area contributed by atoms with Gasteiger partial charge in [0.05, 0.1) is 5.69 Å². The fraction of sp³-hybridized carbons (Fsp3) is 0.733. The van der Waals surface area contributed by atoms with E-state index < -0.39 is 0 Å². The molecule has 0 aromatic carbocycles. The molecule has 1 amide bonds. The van der Waals surface area contributed by atoms with Crippen LogP contribution in [-0.4, -0.2) is 52.9 Å². The van der Waals surface area contributed by atoms with E-state index in [4.69, 9.17) is 4.98 Å². The molecule has 8 unspecified atom stereocenters. The van der Waals surface area contributed by atoms with Crippen LogP contribution in [0.4, 0.5) is 0 Å². The molecule has 4 fully saturated rings. The number of fused-ring (bicyclic) bond motifs is 4. The van der Waals surface area contributed by atoms with Gasteiger partial charge >= 0.3 is 0 Å². The molecule has 3 aliphatic carbocycles. The van der Waals surface area contributed by atoms with Gasteiger partial charge in [-0.15, -0.1) is 0 Å². The van der Waals surface area contributed by atoms with Gasteiger partial charge in [-0.2, -0.15) is 0 Å². The maximum atomic E-state index is 12.3. The first-order valence-electron chi connectivity index (χ1n) is 14.0. The summed E-state index contributed by atoms with van der Waals surface area (Å²) in [4.78, 5) is 22.6. The Morgan fingerprint density at radius 1 is 1.09 bits per heavy atom. The molecule has 8 atom stereocenters. The summed E-state index contributed by atoms with van der Waals surface area (Å²) in [5, 5.41) is 0. The fourth-order valence-electron chi connectivity index (χ4n) is 8.82. The molecule has 2 saturated heterocycles. The van der Waals surface area contributed by atoms with Crippen molar-refractivity contribution in [3.8, 4) is 0 Å². The summed E-state index contributed by atoms with van der Waals surface area (Å²) in [5.41, 5.74) is 5.70. The van der Waals surface area contributed by atoms with E-state index in [1.165, 1.54) is 62.0 Å². The topological polar surface area (TPSA) is 36.4 Å². The smallest absolute Gasteiger partial charge is 0.219 e. The van der Waals surface area contributed by atoms with Crippen molar-refractivity contribution < 1.29 is 4.79 Å². The highest BCUT2D eigenvalue weighted by Crippen LogP contribution is 2.48. The van der Waals surface area contributed by atoms with Gasteiger partial charge in [0, 0.05) is 37.8 Å². The molecule has 2 saturated carbocycles. The number of amides is 1. The second-order valence-electron chi connectivity index (χ2n) is 12.7. The van der Waals surface area contributed by atoms with E-state index in [1.54, 1.807) is 12.5 Å². The minimum atomic E-state index is 0.272. The molecule has 0 spiro atoms. The van der Waals surface area contributed by atoms with Crippen molar-refractivity contribution in [2.45, 2.75) is 90.1 Å². The Morgan fingerprint density at radius 3 is 2.74 bits per heavy atom. The van der Waals surface area contributed by atoms with E-state index >= 15 is 0 Å². The van der Waals surface area contributed by atoms with Gasteiger partial charge in [0.25, 0.3) is 0 Å². The highest BCUT2D eigenvalue weighted by molar-refractivity contribution is 5.73. The number of likely N-dealkylation sites (N-methyl/N-ethyl adjacent to an activating group) is 1. The fourth-order valence-corrected chi connectivity index (χ4v) is 8.82. The van der Waals surface area contributed by atoms with Crippen LogP contribution in [-0.2, 0) is 11.2 Å². The lowest BCUT2D eigenvalue weighted by atomic mass is 9.66. The van der Waals surface area contributed by atoms with E-state index in [1.807, 2.05) is 0 Å². The molecular formula is C30H43N3O. The third-order valence-electron chi connectivity index (χ3n) is 10.2. The summed E-state index contributed by atoms with van der Waals surface area (Å²) < 4.78 is 0. The minimum absolute atomic E-state index is 0.272. The molecule has 0 radical (unpaired) electrons. The molecule has 1 aromatic heterocycles. The van der Waals surface area contributed by atoms with Crippen LogP contribution in [0.2, 0.25) is 0 Å². The lowest BCUT2D eigenvalue weighted by Gasteiger charge is -2.49. The van der Waals surface area contributed by atoms with Crippen LogP contribution in [0.25, 0.3) is 6.08 Å². The highest BCUT2D eigenvalue weighted by atomic mass is 16.2. The summed E-state index contributed by atoms with van der Waals surface area (Å²) in [6, 6.07) is 5.94. The molecule has 1 aromatic rings. The number of hydrogen-bond donors (Lipinski definition) is 0. The van der Waals surface area contributed by atoms with Crippen LogP contribution in [0, 0.1) is 29.6 Å². The van der Waals surface area contributed by atoms with Crippen molar-refractivity contribution in [3.63, 3.8) is 0 Å². The number of likely N-dealkylation sites (tertiary alicyclic amines) is 2. The molecule has 2 bridgehead atoms. The van der Waals surface area contributed by atoms with E-state index in [-0.39, 0.29) is 5.91 Å². The summed E-state index contributed by atoms with van der Waals surface area (Å²) in [6.45, 7) is 8.72. The van der Waals surface area contributed by atoms with Crippen molar-refractivity contribution in [2.24, 2.45) is 29.6 Å². The van der Waals surface area contributed by atoms with Gasteiger partial charge in [-0.25, -0.2) is 0 Å². The molecule has 0 N–H and O–H groups in total. The van der Waals surface area contributed by atoms with Crippen molar-refractivity contribution in [1.29, 1.82) is 0 Å². The average molecular weight is 462 g/mol. The summed E-state index contributed by atoms with van der Waals surface area (Å²) in [7, 11) is 2.35. The molecule has 184 valence electrons. The molecular weight excluding hydrogens is 418 g/mol. The Bertz CT molecular complexity index is 985. The van der Waals surface area contributed by atoms with E-state index in [0.29, 0.717) is 29.7 Å². The van der Waals surface area contributed by atoms with Crippen LogP contribution < -0.4 is 0 Å². The zero-order valence-corrected chi connectivity index (χ0v) is 21.7. The molecule has 6 rings (SSSR count). The predicted molar refractivity (Wildman–Crippen MR) is 137 cm³/mol. The van der Waals surface area contributed by atoms with Crippen LogP contribution >= 0.6 is 0 Å². The molecule has 3 heterocycles. The van der Waals surface area contributed by atoms with Crippen molar-refractivity contribution in [1.82, 2.24) is 14.8 Å². The van der Waals surface area contributed by atoms with Crippen LogP contribution in [0.1, 0.15) is 88.6 Å². The summed E-state index contributed by atoms with van der Waals surface area (Å²) in [6.07, 6.45) is 12.4. The minimum Gasteiger partial charge on any atom is -0.340 e. The highest BCUT2D eigenvalue weighted by Gasteiger charge is 2.44. The van der Waals surface area contributed by atoms with Gasteiger partial charge in [-0.3, -0.25) is 9.78 Å². The van der Waals surface area contributed by atoms with E-state index in [9.17, 15) is 4.79 Å². The number of aromatic nitrogens is 1. The number of carbonyl (C=O) groups excluding carboxylic acids is 1. The molecule has 34 heavy (non-hydrogen) atoms. The zero-order valence-electron chi connectivity index (χ0n) is 21.7. The van der Waals surface area contributed by atoms with Gasteiger partial charge in [0.1, 0.15) is 0 Å². The quantitative estimate of drug-likeness (QED) is 0.581. The maximum Gasteiger partial charge on any atom is 0.219 e. The third-order valence-corrected chi connectivity index (χ3v) is 10.2. The van der Waals surface area contributed by atoms with Crippen molar-refractivity contribution >= 4 is 12.0 Å². The number of hydrogen-bond acceptors (Lipinski definition) is 3.